The fourth-order valence-electron chi connectivity index (χ4n) is 4.00. The van der Waals surface area contributed by atoms with Gasteiger partial charge < -0.3 is 20.2 Å². The van der Waals surface area contributed by atoms with Crippen LogP contribution in [0.5, 0.6) is 5.75 Å². The third kappa shape index (κ3) is 3.73. The Bertz CT molecular complexity index is 601. The van der Waals surface area contributed by atoms with Crippen LogP contribution in [0.2, 0.25) is 0 Å². The number of aliphatic hydroxyl groups excluding tert-OH is 1. The van der Waals surface area contributed by atoms with E-state index in [1.165, 1.54) is 31.0 Å². The van der Waals surface area contributed by atoms with Crippen molar-refractivity contribution in [1.29, 1.82) is 0 Å². The molecule has 2 aliphatic rings. The van der Waals surface area contributed by atoms with Gasteiger partial charge in [0.1, 0.15) is 11.9 Å². The average molecular weight is 335 g/mol. The Kier molecular flexibility index (Phi) is 5.56. The normalized spacial score (nSPS) is 30.4. The molecule has 2 bridgehead atoms. The number of hydrogen-bond acceptors (Lipinski definition) is 4. The summed E-state index contributed by atoms with van der Waals surface area (Å²) in [7, 11) is 2.24. The van der Waals surface area contributed by atoms with Crippen LogP contribution in [0.25, 0.3) is 0 Å². The van der Waals surface area contributed by atoms with E-state index in [-0.39, 0.29) is 5.41 Å². The van der Waals surface area contributed by atoms with Gasteiger partial charge in [0.25, 0.3) is 0 Å². The summed E-state index contributed by atoms with van der Waals surface area (Å²) in [5.74, 6) is 0.671. The molecule has 134 valence electrons. The lowest BCUT2D eigenvalue weighted by Gasteiger charge is -2.44. The third-order valence-corrected chi connectivity index (χ3v) is 5.82. The Morgan fingerprint density at radius 1 is 1.42 bits per heavy atom. The maximum absolute atomic E-state index is 9.80. The Morgan fingerprint density at radius 3 is 2.62 bits per heavy atom. The number of phenols is 1. The Hall–Kier alpha value is -1.59. The molecule has 1 heterocycles. The molecule has 5 nitrogen and oxygen atoms in total. The van der Waals surface area contributed by atoms with Crippen LogP contribution in [0.1, 0.15) is 38.3 Å². The van der Waals surface area contributed by atoms with Crippen LogP contribution in [-0.4, -0.2) is 52.4 Å². The fourth-order valence-corrected chi connectivity index (χ4v) is 4.00. The number of aliphatic carboxylic acids is 1. The monoisotopic (exact) mass is 335 g/mol. The van der Waals surface area contributed by atoms with Gasteiger partial charge in [-0.05, 0) is 73.9 Å². The number of hydrogen-bond donors (Lipinski definition) is 3. The number of phenolic OH excluding ortho intramolecular Hbond substituents is 1. The summed E-state index contributed by atoms with van der Waals surface area (Å²) in [6.45, 7) is 8.35. The molecule has 1 aromatic carbocycles. The van der Waals surface area contributed by atoms with Gasteiger partial charge >= 0.3 is 5.97 Å². The van der Waals surface area contributed by atoms with Crippen LogP contribution in [0.4, 0.5) is 0 Å². The zero-order valence-electron chi connectivity index (χ0n) is 15.0. The van der Waals surface area contributed by atoms with E-state index in [1.807, 2.05) is 12.1 Å². The number of fused-ring (bicyclic) bond motifs is 4. The molecule has 3 N–H and O–H groups in total. The quantitative estimate of drug-likeness (QED) is 0.733. The molecule has 0 spiro atoms. The predicted molar refractivity (Wildman–Crippen MR) is 93.2 cm³/mol. The van der Waals surface area contributed by atoms with E-state index in [1.54, 1.807) is 0 Å². The summed E-state index contributed by atoms with van der Waals surface area (Å²) in [5, 5.41) is 25.6. The first-order valence-electron chi connectivity index (χ1n) is 8.57. The second kappa shape index (κ2) is 7.11. The summed E-state index contributed by atoms with van der Waals surface area (Å²) in [4.78, 5) is 11.9. The number of aliphatic hydroxyl groups is 1. The number of carboxylic acids is 1. The molecule has 5 heteroatoms. The van der Waals surface area contributed by atoms with Crippen LogP contribution in [0.3, 0.4) is 0 Å². The highest BCUT2D eigenvalue weighted by Crippen LogP contribution is 2.48. The Morgan fingerprint density at radius 2 is 2.04 bits per heavy atom. The van der Waals surface area contributed by atoms with Crippen molar-refractivity contribution in [3.63, 3.8) is 0 Å². The van der Waals surface area contributed by atoms with Gasteiger partial charge in [-0.1, -0.05) is 19.9 Å². The molecule has 1 aliphatic heterocycles. The first kappa shape index (κ1) is 18.7. The van der Waals surface area contributed by atoms with Crippen molar-refractivity contribution in [3.8, 4) is 5.75 Å². The number of rotatable bonds is 1. The molecule has 1 aliphatic carbocycles. The van der Waals surface area contributed by atoms with Crippen molar-refractivity contribution < 1.29 is 20.1 Å². The number of carboxylic acid groups (broad SMARTS) is 1. The summed E-state index contributed by atoms with van der Waals surface area (Å²) in [5.41, 5.74) is 3.07. The van der Waals surface area contributed by atoms with E-state index < -0.39 is 12.1 Å². The predicted octanol–water partition coefficient (Wildman–Crippen LogP) is 2.25. The molecule has 4 atom stereocenters. The lowest BCUT2D eigenvalue weighted by atomic mass is 9.60. The minimum Gasteiger partial charge on any atom is -0.508 e. The van der Waals surface area contributed by atoms with E-state index >= 15 is 0 Å². The number of nitrogens with zero attached hydrogens (tertiary/aromatic N) is 1. The third-order valence-electron chi connectivity index (χ3n) is 5.82. The molecule has 0 amide bonds. The highest BCUT2D eigenvalue weighted by molar-refractivity contribution is 5.71. The largest absolute Gasteiger partial charge is 0.508 e. The zero-order valence-corrected chi connectivity index (χ0v) is 15.0. The number of benzene rings is 1. The molecule has 1 saturated heterocycles. The summed E-state index contributed by atoms with van der Waals surface area (Å²) < 4.78 is 0. The first-order valence-corrected chi connectivity index (χ1v) is 8.57. The van der Waals surface area contributed by atoms with Crippen LogP contribution in [-0.2, 0) is 16.6 Å². The van der Waals surface area contributed by atoms with Gasteiger partial charge in [-0.3, -0.25) is 0 Å². The van der Waals surface area contributed by atoms with Crippen molar-refractivity contribution in [3.05, 3.63) is 29.3 Å². The van der Waals surface area contributed by atoms with E-state index in [0.717, 1.165) is 18.9 Å². The smallest absolute Gasteiger partial charge is 0.332 e. The Labute approximate surface area is 143 Å². The molecular formula is C19H29NO4. The molecular weight excluding hydrogens is 306 g/mol. The minimum atomic E-state index is -1.23. The fraction of sp³-hybridized carbons (Fsp3) is 0.632. The zero-order chi connectivity index (χ0) is 18.1. The van der Waals surface area contributed by atoms with Crippen LogP contribution < -0.4 is 0 Å². The SMILES string of the molecule is CC(O)C(=O)O.C[C@H]1[C@H]2Cc3ccc(O)cc3[C@@]1(C)CCN(C)C2. The number of aromatic hydroxyl groups is 1. The lowest BCUT2D eigenvalue weighted by Crippen LogP contribution is -2.41. The van der Waals surface area contributed by atoms with E-state index in [9.17, 15) is 9.90 Å². The highest BCUT2D eigenvalue weighted by atomic mass is 16.4. The highest BCUT2D eigenvalue weighted by Gasteiger charge is 2.44. The number of likely N-dealkylation sites (tertiary alicyclic amines) is 1. The summed E-state index contributed by atoms with van der Waals surface area (Å²) in [6.07, 6.45) is 1.12. The van der Waals surface area contributed by atoms with Gasteiger partial charge in [-0.2, -0.15) is 0 Å². The van der Waals surface area contributed by atoms with Gasteiger partial charge in [0, 0.05) is 6.54 Å². The molecule has 1 fully saturated rings. The van der Waals surface area contributed by atoms with Crippen molar-refractivity contribution in [2.45, 2.75) is 45.1 Å². The minimum absolute atomic E-state index is 0.224. The van der Waals surface area contributed by atoms with Gasteiger partial charge in [-0.25, -0.2) is 4.79 Å². The second-order valence-corrected chi connectivity index (χ2v) is 7.54. The van der Waals surface area contributed by atoms with Gasteiger partial charge in [-0.15, -0.1) is 0 Å². The van der Waals surface area contributed by atoms with Crippen LogP contribution in [0.15, 0.2) is 18.2 Å². The molecule has 0 aromatic heterocycles. The van der Waals surface area contributed by atoms with Crippen molar-refractivity contribution >= 4 is 5.97 Å². The standard InChI is InChI=1S/C16H23NO.C3H6O3/c1-11-13-8-12-4-5-14(18)9-15(12)16(11,2)6-7-17(3)10-13;1-2(4)3(5)6/h4-5,9,11,13,18H,6-8,10H2,1-3H3;2,4H,1H3,(H,5,6)/t11-,13-,16-;/m0./s1. The van der Waals surface area contributed by atoms with Crippen molar-refractivity contribution in [1.82, 2.24) is 4.90 Å². The first-order chi connectivity index (χ1) is 11.1. The summed E-state index contributed by atoms with van der Waals surface area (Å²) in [6, 6.07) is 5.98. The lowest BCUT2D eigenvalue weighted by molar-refractivity contribution is -0.145. The molecule has 1 aromatic rings. The molecule has 0 radical (unpaired) electrons. The molecule has 1 unspecified atom stereocenters. The van der Waals surface area contributed by atoms with Crippen molar-refractivity contribution in [2.24, 2.45) is 11.8 Å². The van der Waals surface area contributed by atoms with E-state index in [4.69, 9.17) is 10.2 Å². The molecule has 3 rings (SSSR count). The number of carbonyl (C=O) groups is 1. The van der Waals surface area contributed by atoms with Gasteiger partial charge in [0.15, 0.2) is 0 Å². The van der Waals surface area contributed by atoms with E-state index in [2.05, 4.69) is 31.9 Å². The molecule has 0 saturated carbocycles. The maximum Gasteiger partial charge on any atom is 0.332 e. The van der Waals surface area contributed by atoms with Gasteiger partial charge in [0.05, 0.1) is 0 Å². The average Bonchev–Trinajstić information content (AvgIpc) is 2.58. The van der Waals surface area contributed by atoms with Crippen LogP contribution >= 0.6 is 0 Å². The van der Waals surface area contributed by atoms with Crippen molar-refractivity contribution in [2.75, 3.05) is 20.1 Å². The van der Waals surface area contributed by atoms with Gasteiger partial charge in [0.2, 0.25) is 0 Å². The Balaban J connectivity index is 0.000000301. The van der Waals surface area contributed by atoms with E-state index in [0.29, 0.717) is 11.7 Å². The topological polar surface area (TPSA) is 81.0 Å². The molecule has 24 heavy (non-hydrogen) atoms. The maximum atomic E-state index is 9.80. The summed E-state index contributed by atoms with van der Waals surface area (Å²) >= 11 is 0. The second-order valence-electron chi connectivity index (χ2n) is 7.54. The van der Waals surface area contributed by atoms with Crippen LogP contribution in [0, 0.1) is 11.8 Å².